The first kappa shape index (κ1) is 17.5. The summed E-state index contributed by atoms with van der Waals surface area (Å²) < 4.78 is 16.9. The largest absolute Gasteiger partial charge is 0.486 e. The first-order valence-electron chi connectivity index (χ1n) is 9.22. The summed E-state index contributed by atoms with van der Waals surface area (Å²) in [5.41, 5.74) is 1.90. The first-order valence-corrected chi connectivity index (χ1v) is 10.2. The molecule has 1 aromatic heterocycles. The maximum absolute atomic E-state index is 12.1. The number of carbonyl (C=O) groups excluding carboxylic acids is 1. The summed E-state index contributed by atoms with van der Waals surface area (Å²) in [7, 11) is 0. The summed E-state index contributed by atoms with van der Waals surface area (Å²) in [5, 5.41) is 1.87. The minimum atomic E-state index is -0.148. The van der Waals surface area contributed by atoms with Crippen molar-refractivity contribution in [2.75, 3.05) is 19.0 Å². The van der Waals surface area contributed by atoms with E-state index in [4.69, 9.17) is 19.2 Å². The van der Waals surface area contributed by atoms with Crippen LogP contribution >= 0.6 is 11.8 Å². The van der Waals surface area contributed by atoms with E-state index in [2.05, 4.69) is 6.07 Å². The number of pyridine rings is 1. The number of ether oxygens (including phenoxy) is 3. The van der Waals surface area contributed by atoms with Crippen LogP contribution < -0.4 is 9.47 Å². The van der Waals surface area contributed by atoms with Gasteiger partial charge in [0.1, 0.15) is 24.3 Å². The molecule has 6 heteroatoms. The number of carbonyl (C=O) groups is 1. The smallest absolute Gasteiger partial charge is 0.316 e. The Hall–Kier alpha value is -1.95. The van der Waals surface area contributed by atoms with Gasteiger partial charge in [-0.1, -0.05) is 18.2 Å². The summed E-state index contributed by atoms with van der Waals surface area (Å²) in [4.78, 5) is 16.9. The molecule has 0 spiro atoms. The summed E-state index contributed by atoms with van der Waals surface area (Å²) in [5.74, 6) is 1.64. The van der Waals surface area contributed by atoms with Gasteiger partial charge in [-0.25, -0.2) is 4.98 Å². The number of thioether (sulfide) groups is 1. The van der Waals surface area contributed by atoms with Crippen molar-refractivity contribution < 1.29 is 19.0 Å². The van der Waals surface area contributed by atoms with Gasteiger partial charge in [-0.3, -0.25) is 4.79 Å². The van der Waals surface area contributed by atoms with E-state index >= 15 is 0 Å². The van der Waals surface area contributed by atoms with E-state index in [1.807, 2.05) is 19.1 Å². The maximum Gasteiger partial charge on any atom is 0.316 e. The number of aromatic nitrogens is 1. The van der Waals surface area contributed by atoms with E-state index in [9.17, 15) is 4.79 Å². The minimum Gasteiger partial charge on any atom is -0.486 e. The Morgan fingerprint density at radius 3 is 2.65 bits per heavy atom. The molecule has 0 atom stereocenters. The Morgan fingerprint density at radius 1 is 1.15 bits per heavy atom. The van der Waals surface area contributed by atoms with Crippen molar-refractivity contribution in [2.45, 2.75) is 50.2 Å². The van der Waals surface area contributed by atoms with Gasteiger partial charge in [0, 0.05) is 11.5 Å². The summed E-state index contributed by atoms with van der Waals surface area (Å²) >= 11 is 1.44. The fourth-order valence-electron chi connectivity index (χ4n) is 3.48. The summed E-state index contributed by atoms with van der Waals surface area (Å²) in [6, 6.07) is 5.96. The van der Waals surface area contributed by atoms with E-state index in [1.54, 1.807) is 0 Å². The Kier molecular flexibility index (Phi) is 5.20. The number of fused-ring (bicyclic) bond motifs is 2. The standard InChI is InChI=1S/C20H23NO4S/c1-13-9-14-10-17-18(24-8-7-23-17)11-16(14)21-20(13)26-12-19(22)25-15-5-3-2-4-6-15/h9-11,15H,2-8,12H2,1H3. The number of benzene rings is 1. The zero-order valence-corrected chi connectivity index (χ0v) is 15.8. The lowest BCUT2D eigenvalue weighted by atomic mass is 9.98. The Bertz CT molecular complexity index is 817. The van der Waals surface area contributed by atoms with Crippen molar-refractivity contribution in [3.63, 3.8) is 0 Å². The van der Waals surface area contributed by atoms with E-state index < -0.39 is 0 Å². The van der Waals surface area contributed by atoms with Crippen LogP contribution in [0.1, 0.15) is 37.7 Å². The molecule has 0 saturated heterocycles. The molecule has 0 radical (unpaired) electrons. The van der Waals surface area contributed by atoms with Gasteiger partial charge in [0.25, 0.3) is 0 Å². The van der Waals surface area contributed by atoms with Crippen LogP contribution in [0.4, 0.5) is 0 Å². The highest BCUT2D eigenvalue weighted by atomic mass is 32.2. The Labute approximate surface area is 157 Å². The van der Waals surface area contributed by atoms with Crippen molar-refractivity contribution in [3.8, 4) is 11.5 Å². The second-order valence-corrected chi connectivity index (χ2v) is 7.80. The minimum absolute atomic E-state index is 0.103. The average Bonchev–Trinajstić information content (AvgIpc) is 2.65. The van der Waals surface area contributed by atoms with Crippen molar-refractivity contribution >= 4 is 28.6 Å². The first-order chi connectivity index (χ1) is 12.7. The van der Waals surface area contributed by atoms with Gasteiger partial charge in [-0.05, 0) is 50.3 Å². The molecule has 1 aliphatic heterocycles. The maximum atomic E-state index is 12.1. The number of rotatable bonds is 4. The molecule has 0 N–H and O–H groups in total. The molecule has 2 heterocycles. The highest BCUT2D eigenvalue weighted by Crippen LogP contribution is 2.35. The molecule has 4 rings (SSSR count). The summed E-state index contributed by atoms with van der Waals surface area (Å²) in [6.07, 6.45) is 5.67. The number of esters is 1. The fourth-order valence-corrected chi connectivity index (χ4v) is 4.25. The zero-order valence-electron chi connectivity index (χ0n) is 15.0. The van der Waals surface area contributed by atoms with E-state index in [0.717, 1.165) is 58.7 Å². The van der Waals surface area contributed by atoms with Crippen LogP contribution in [0, 0.1) is 6.92 Å². The second-order valence-electron chi connectivity index (χ2n) is 6.84. The van der Waals surface area contributed by atoms with Crippen LogP contribution in [0.2, 0.25) is 0 Å². The van der Waals surface area contributed by atoms with Crippen molar-refractivity contribution in [1.29, 1.82) is 0 Å². The van der Waals surface area contributed by atoms with Gasteiger partial charge < -0.3 is 14.2 Å². The van der Waals surface area contributed by atoms with Gasteiger partial charge in [0.2, 0.25) is 0 Å². The third-order valence-corrected chi connectivity index (χ3v) is 5.87. The van der Waals surface area contributed by atoms with Crippen molar-refractivity contribution in [3.05, 3.63) is 23.8 Å². The van der Waals surface area contributed by atoms with Crippen LogP contribution in [-0.2, 0) is 9.53 Å². The topological polar surface area (TPSA) is 57.7 Å². The van der Waals surface area contributed by atoms with Crippen molar-refractivity contribution in [2.24, 2.45) is 0 Å². The van der Waals surface area contributed by atoms with Gasteiger partial charge in [-0.15, -0.1) is 0 Å². The SMILES string of the molecule is Cc1cc2cc3c(cc2nc1SCC(=O)OC1CCCCC1)OCCO3. The molecule has 1 saturated carbocycles. The third kappa shape index (κ3) is 3.90. The molecule has 1 aromatic carbocycles. The van der Waals surface area contributed by atoms with Crippen LogP contribution in [0.25, 0.3) is 10.9 Å². The van der Waals surface area contributed by atoms with Crippen LogP contribution in [0.5, 0.6) is 11.5 Å². The molecule has 2 aliphatic rings. The van der Waals surface area contributed by atoms with E-state index in [1.165, 1.54) is 18.2 Å². The van der Waals surface area contributed by atoms with E-state index in [0.29, 0.717) is 19.0 Å². The van der Waals surface area contributed by atoms with Crippen LogP contribution in [0.3, 0.4) is 0 Å². The lowest BCUT2D eigenvalue weighted by Gasteiger charge is -2.21. The molecular formula is C20H23NO4S. The molecule has 0 amide bonds. The van der Waals surface area contributed by atoms with Crippen LogP contribution in [-0.4, -0.2) is 36.0 Å². The lowest BCUT2D eigenvalue weighted by molar-refractivity contribution is -0.147. The quantitative estimate of drug-likeness (QED) is 0.589. The highest BCUT2D eigenvalue weighted by Gasteiger charge is 2.19. The highest BCUT2D eigenvalue weighted by molar-refractivity contribution is 7.99. The monoisotopic (exact) mass is 373 g/mol. The molecule has 138 valence electrons. The number of hydrogen-bond donors (Lipinski definition) is 0. The van der Waals surface area contributed by atoms with Crippen molar-refractivity contribution in [1.82, 2.24) is 4.98 Å². The normalized spacial score (nSPS) is 17.3. The molecule has 2 aromatic rings. The molecule has 0 unspecified atom stereocenters. The van der Waals surface area contributed by atoms with E-state index in [-0.39, 0.29) is 12.1 Å². The Balaban J connectivity index is 1.45. The average molecular weight is 373 g/mol. The van der Waals surface area contributed by atoms with Gasteiger partial charge in [0.15, 0.2) is 11.5 Å². The number of hydrogen-bond acceptors (Lipinski definition) is 6. The predicted molar refractivity (Wildman–Crippen MR) is 101 cm³/mol. The molecule has 0 bridgehead atoms. The van der Waals surface area contributed by atoms with Gasteiger partial charge in [-0.2, -0.15) is 0 Å². The Morgan fingerprint density at radius 2 is 1.88 bits per heavy atom. The molecular weight excluding hydrogens is 350 g/mol. The number of aryl methyl sites for hydroxylation is 1. The van der Waals surface area contributed by atoms with Gasteiger partial charge >= 0.3 is 5.97 Å². The fraction of sp³-hybridized carbons (Fsp3) is 0.500. The molecule has 26 heavy (non-hydrogen) atoms. The zero-order chi connectivity index (χ0) is 17.9. The number of nitrogens with zero attached hydrogens (tertiary/aromatic N) is 1. The van der Waals surface area contributed by atoms with Crippen LogP contribution in [0.15, 0.2) is 23.2 Å². The third-order valence-electron chi connectivity index (χ3n) is 4.80. The predicted octanol–water partition coefficient (Wildman–Crippen LogP) is 4.28. The second kappa shape index (κ2) is 7.74. The molecule has 1 aliphatic carbocycles. The molecule has 1 fully saturated rings. The molecule has 5 nitrogen and oxygen atoms in total. The van der Waals surface area contributed by atoms with Gasteiger partial charge in [0.05, 0.1) is 11.3 Å². The lowest BCUT2D eigenvalue weighted by Crippen LogP contribution is -2.21. The summed E-state index contributed by atoms with van der Waals surface area (Å²) in [6.45, 7) is 3.14.